The van der Waals surface area contributed by atoms with Gasteiger partial charge in [0.15, 0.2) is 0 Å². The lowest BCUT2D eigenvalue weighted by atomic mass is 10.0. The Labute approximate surface area is 129 Å². The van der Waals surface area contributed by atoms with Gasteiger partial charge >= 0.3 is 0 Å². The lowest BCUT2D eigenvalue weighted by molar-refractivity contribution is 0.364. The largest absolute Gasteiger partial charge is 0.490 e. The molecule has 0 radical (unpaired) electrons. The molecule has 0 aliphatic carbocycles. The summed E-state index contributed by atoms with van der Waals surface area (Å²) >= 11 is 1.79. The number of hydrogen-bond acceptors (Lipinski definition) is 2. The van der Waals surface area contributed by atoms with Crippen LogP contribution in [0.3, 0.4) is 0 Å². The molecule has 1 heterocycles. The molecule has 2 aromatic carbocycles. The predicted octanol–water partition coefficient (Wildman–Crippen LogP) is 5.25. The quantitative estimate of drug-likeness (QED) is 0.564. The Kier molecular flexibility index (Phi) is 4.37. The maximum absolute atomic E-state index is 5.59. The van der Waals surface area contributed by atoms with Crippen molar-refractivity contribution in [2.75, 3.05) is 6.61 Å². The smallest absolute Gasteiger partial charge is 0.121 e. The van der Waals surface area contributed by atoms with Gasteiger partial charge in [0.05, 0.1) is 0 Å². The van der Waals surface area contributed by atoms with Gasteiger partial charge < -0.3 is 4.74 Å². The molecule has 0 N–H and O–H groups in total. The standard InChI is InChI=1S/C19H18OS/c1-2-12-20-17-10-11-18-16(14-21-19(18)13-17)9-8-15-6-4-3-5-7-15/h2-7,10-11,13-14H,1,8-9,12H2. The van der Waals surface area contributed by atoms with Crippen molar-refractivity contribution in [2.24, 2.45) is 0 Å². The second kappa shape index (κ2) is 6.59. The minimum Gasteiger partial charge on any atom is -0.490 e. The molecule has 0 aliphatic heterocycles. The summed E-state index contributed by atoms with van der Waals surface area (Å²) in [4.78, 5) is 0. The Morgan fingerprint density at radius 1 is 1.05 bits per heavy atom. The average molecular weight is 294 g/mol. The van der Waals surface area contributed by atoms with Gasteiger partial charge in [-0.25, -0.2) is 0 Å². The van der Waals surface area contributed by atoms with Gasteiger partial charge in [0, 0.05) is 4.70 Å². The summed E-state index contributed by atoms with van der Waals surface area (Å²) in [5, 5.41) is 3.62. The highest BCUT2D eigenvalue weighted by Gasteiger charge is 2.06. The second-order valence-corrected chi connectivity index (χ2v) is 5.92. The summed E-state index contributed by atoms with van der Waals surface area (Å²) in [5.41, 5.74) is 2.82. The van der Waals surface area contributed by atoms with E-state index in [1.807, 2.05) is 6.07 Å². The van der Waals surface area contributed by atoms with Crippen molar-refractivity contribution in [2.45, 2.75) is 12.8 Å². The van der Waals surface area contributed by atoms with Crippen molar-refractivity contribution in [3.05, 3.63) is 77.7 Å². The van der Waals surface area contributed by atoms with Gasteiger partial charge in [0.1, 0.15) is 12.4 Å². The molecule has 0 spiro atoms. The molecule has 106 valence electrons. The normalized spacial score (nSPS) is 10.7. The maximum atomic E-state index is 5.59. The fourth-order valence-electron chi connectivity index (χ4n) is 2.43. The highest BCUT2D eigenvalue weighted by atomic mass is 32.1. The summed E-state index contributed by atoms with van der Waals surface area (Å²) in [5.74, 6) is 0.916. The lowest BCUT2D eigenvalue weighted by Crippen LogP contribution is -1.92. The van der Waals surface area contributed by atoms with Crippen LogP contribution in [0.25, 0.3) is 10.1 Å². The van der Waals surface area contributed by atoms with E-state index in [0.717, 1.165) is 18.6 Å². The number of benzene rings is 2. The van der Waals surface area contributed by atoms with E-state index in [9.17, 15) is 0 Å². The zero-order valence-electron chi connectivity index (χ0n) is 11.9. The Hall–Kier alpha value is -2.06. The van der Waals surface area contributed by atoms with E-state index in [-0.39, 0.29) is 0 Å². The number of rotatable bonds is 6. The van der Waals surface area contributed by atoms with Crippen LogP contribution in [0.4, 0.5) is 0 Å². The fraction of sp³-hybridized carbons (Fsp3) is 0.158. The lowest BCUT2D eigenvalue weighted by Gasteiger charge is -2.04. The van der Waals surface area contributed by atoms with Crippen molar-refractivity contribution in [1.82, 2.24) is 0 Å². The number of fused-ring (bicyclic) bond motifs is 1. The summed E-state index contributed by atoms with van der Waals surface area (Å²) in [6, 6.07) is 17.0. The minimum atomic E-state index is 0.553. The third-order valence-electron chi connectivity index (χ3n) is 3.52. The molecule has 0 aliphatic rings. The van der Waals surface area contributed by atoms with Crippen LogP contribution >= 0.6 is 11.3 Å². The molecule has 3 aromatic rings. The minimum absolute atomic E-state index is 0.553. The Balaban J connectivity index is 1.75. The molecular weight excluding hydrogens is 276 g/mol. The third-order valence-corrected chi connectivity index (χ3v) is 4.51. The first-order valence-corrected chi connectivity index (χ1v) is 8.02. The molecule has 0 saturated heterocycles. The molecule has 0 amide bonds. The van der Waals surface area contributed by atoms with Crippen molar-refractivity contribution >= 4 is 21.4 Å². The zero-order chi connectivity index (χ0) is 14.5. The van der Waals surface area contributed by atoms with E-state index in [2.05, 4.69) is 54.4 Å². The van der Waals surface area contributed by atoms with E-state index in [1.54, 1.807) is 17.4 Å². The van der Waals surface area contributed by atoms with Crippen LogP contribution in [-0.4, -0.2) is 6.61 Å². The van der Waals surface area contributed by atoms with Crippen molar-refractivity contribution in [1.29, 1.82) is 0 Å². The first kappa shape index (κ1) is 13.9. The number of thiophene rings is 1. The van der Waals surface area contributed by atoms with Crippen LogP contribution in [0.2, 0.25) is 0 Å². The Morgan fingerprint density at radius 3 is 2.71 bits per heavy atom. The molecule has 21 heavy (non-hydrogen) atoms. The van der Waals surface area contributed by atoms with Gasteiger partial charge in [0.25, 0.3) is 0 Å². The van der Waals surface area contributed by atoms with Crippen LogP contribution in [0.1, 0.15) is 11.1 Å². The summed E-state index contributed by atoms with van der Waals surface area (Å²) in [6.45, 7) is 4.23. The Bertz CT molecular complexity index is 728. The molecular formula is C19H18OS. The van der Waals surface area contributed by atoms with Crippen LogP contribution in [0.15, 0.2) is 66.6 Å². The van der Waals surface area contributed by atoms with Crippen LogP contribution in [0, 0.1) is 0 Å². The zero-order valence-corrected chi connectivity index (χ0v) is 12.7. The van der Waals surface area contributed by atoms with E-state index in [1.165, 1.54) is 21.2 Å². The van der Waals surface area contributed by atoms with E-state index >= 15 is 0 Å². The SMILES string of the molecule is C=CCOc1ccc2c(CCc3ccccc3)csc2c1. The molecule has 0 fully saturated rings. The van der Waals surface area contributed by atoms with Crippen molar-refractivity contribution in [3.8, 4) is 5.75 Å². The number of hydrogen-bond donors (Lipinski definition) is 0. The van der Waals surface area contributed by atoms with Gasteiger partial charge in [-0.15, -0.1) is 11.3 Å². The van der Waals surface area contributed by atoms with Gasteiger partial charge in [-0.1, -0.05) is 43.0 Å². The second-order valence-electron chi connectivity index (χ2n) is 5.00. The van der Waals surface area contributed by atoms with Crippen LogP contribution in [-0.2, 0) is 12.8 Å². The highest BCUT2D eigenvalue weighted by Crippen LogP contribution is 2.30. The van der Waals surface area contributed by atoms with Crippen LogP contribution < -0.4 is 4.74 Å². The number of ether oxygens (including phenoxy) is 1. The van der Waals surface area contributed by atoms with Crippen molar-refractivity contribution in [3.63, 3.8) is 0 Å². The third kappa shape index (κ3) is 3.34. The first-order chi connectivity index (χ1) is 10.4. The average Bonchev–Trinajstić information content (AvgIpc) is 2.94. The summed E-state index contributed by atoms with van der Waals surface area (Å²) in [6.07, 6.45) is 3.93. The molecule has 0 unspecified atom stereocenters. The van der Waals surface area contributed by atoms with E-state index in [4.69, 9.17) is 4.74 Å². The monoisotopic (exact) mass is 294 g/mol. The first-order valence-electron chi connectivity index (χ1n) is 7.14. The molecule has 3 rings (SSSR count). The fourth-order valence-corrected chi connectivity index (χ4v) is 3.45. The molecule has 2 heteroatoms. The molecule has 1 nitrogen and oxygen atoms in total. The van der Waals surface area contributed by atoms with E-state index < -0.39 is 0 Å². The Morgan fingerprint density at radius 2 is 1.90 bits per heavy atom. The van der Waals surface area contributed by atoms with Gasteiger partial charge in [-0.05, 0) is 52.9 Å². The van der Waals surface area contributed by atoms with Crippen molar-refractivity contribution < 1.29 is 4.74 Å². The van der Waals surface area contributed by atoms with Gasteiger partial charge in [-0.3, -0.25) is 0 Å². The molecule has 0 saturated carbocycles. The number of aryl methyl sites for hydroxylation is 2. The summed E-state index contributed by atoms with van der Waals surface area (Å²) < 4.78 is 6.88. The highest BCUT2D eigenvalue weighted by molar-refractivity contribution is 7.17. The van der Waals surface area contributed by atoms with Gasteiger partial charge in [-0.2, -0.15) is 0 Å². The van der Waals surface area contributed by atoms with Crippen LogP contribution in [0.5, 0.6) is 5.75 Å². The molecule has 0 atom stereocenters. The van der Waals surface area contributed by atoms with E-state index in [0.29, 0.717) is 6.61 Å². The molecule has 0 bridgehead atoms. The summed E-state index contributed by atoms with van der Waals surface area (Å²) in [7, 11) is 0. The van der Waals surface area contributed by atoms with Gasteiger partial charge in [0.2, 0.25) is 0 Å². The topological polar surface area (TPSA) is 9.23 Å². The maximum Gasteiger partial charge on any atom is 0.121 e. The molecule has 1 aromatic heterocycles. The predicted molar refractivity (Wildman–Crippen MR) is 91.4 cm³/mol.